The van der Waals surface area contributed by atoms with Crippen LogP contribution in [0.3, 0.4) is 0 Å². The van der Waals surface area contributed by atoms with Crippen molar-refractivity contribution in [1.29, 1.82) is 0 Å². The van der Waals surface area contributed by atoms with Crippen molar-refractivity contribution < 1.29 is 14.7 Å². The Labute approximate surface area is 199 Å². The number of rotatable bonds is 8. The van der Waals surface area contributed by atoms with E-state index in [1.807, 2.05) is 30.3 Å². The number of carboxylic acid groups (broad SMARTS) is 1. The summed E-state index contributed by atoms with van der Waals surface area (Å²) in [6, 6.07) is 9.58. The van der Waals surface area contributed by atoms with E-state index in [2.05, 4.69) is 29.0 Å². The maximum absolute atomic E-state index is 12.6. The van der Waals surface area contributed by atoms with Gasteiger partial charge >= 0.3 is 6.09 Å². The van der Waals surface area contributed by atoms with Crippen molar-refractivity contribution >= 4 is 12.0 Å². The molecule has 1 aliphatic carbocycles. The number of hydrogen-bond acceptors (Lipinski definition) is 3. The zero-order valence-electron chi connectivity index (χ0n) is 20.5. The number of carbonyl (C=O) groups is 2. The van der Waals surface area contributed by atoms with E-state index in [4.69, 9.17) is 0 Å². The second-order valence-corrected chi connectivity index (χ2v) is 10.0. The number of hydrogen-bond donors (Lipinski definition) is 2. The van der Waals surface area contributed by atoms with E-state index in [0.717, 1.165) is 57.5 Å². The fraction of sp³-hybridized carbons (Fsp3) is 0.704. The lowest BCUT2D eigenvalue weighted by Crippen LogP contribution is -2.37. The minimum absolute atomic E-state index is 0.170. The van der Waals surface area contributed by atoms with Gasteiger partial charge in [0, 0.05) is 38.6 Å². The Balaban J connectivity index is 0.000000541. The summed E-state index contributed by atoms with van der Waals surface area (Å²) in [4.78, 5) is 28.3. The molecule has 2 amide bonds. The largest absolute Gasteiger partial charge is 0.465 e. The molecule has 1 aromatic carbocycles. The van der Waals surface area contributed by atoms with Crippen LogP contribution in [0.5, 0.6) is 0 Å². The van der Waals surface area contributed by atoms with Gasteiger partial charge < -0.3 is 20.2 Å². The Kier molecular flexibility index (Phi) is 10.0. The highest BCUT2D eigenvalue weighted by Crippen LogP contribution is 2.33. The average Bonchev–Trinajstić information content (AvgIpc) is 3.57. The summed E-state index contributed by atoms with van der Waals surface area (Å²) in [5.41, 5.74) is 1.01. The Bertz CT molecular complexity index is 712. The van der Waals surface area contributed by atoms with E-state index < -0.39 is 6.09 Å². The summed E-state index contributed by atoms with van der Waals surface area (Å²) >= 11 is 0. The third-order valence-corrected chi connectivity index (χ3v) is 7.69. The number of fused-ring (bicyclic) bond motifs is 1. The van der Waals surface area contributed by atoms with Crippen LogP contribution in [0.4, 0.5) is 4.79 Å². The summed E-state index contributed by atoms with van der Waals surface area (Å²) < 4.78 is 0. The van der Waals surface area contributed by atoms with Gasteiger partial charge in [-0.25, -0.2) is 4.79 Å². The molecule has 1 aromatic rings. The van der Waals surface area contributed by atoms with E-state index in [-0.39, 0.29) is 12.0 Å². The van der Waals surface area contributed by atoms with E-state index in [0.29, 0.717) is 17.7 Å². The number of amides is 2. The summed E-state index contributed by atoms with van der Waals surface area (Å²) in [5, 5.41) is 11.8. The van der Waals surface area contributed by atoms with Crippen molar-refractivity contribution in [2.45, 2.75) is 71.3 Å². The lowest BCUT2D eigenvalue weighted by atomic mass is 10.0. The van der Waals surface area contributed by atoms with Gasteiger partial charge in [0.05, 0.1) is 6.04 Å². The van der Waals surface area contributed by atoms with Gasteiger partial charge in [-0.2, -0.15) is 0 Å². The molecule has 0 spiro atoms. The topological polar surface area (TPSA) is 72.9 Å². The zero-order chi connectivity index (χ0) is 23.6. The van der Waals surface area contributed by atoms with E-state index in [1.165, 1.54) is 32.1 Å². The highest BCUT2D eigenvalue weighted by molar-refractivity contribution is 5.79. The first kappa shape index (κ1) is 25.5. The van der Waals surface area contributed by atoms with Gasteiger partial charge in [-0.05, 0) is 36.7 Å². The van der Waals surface area contributed by atoms with Gasteiger partial charge in [-0.3, -0.25) is 4.79 Å². The summed E-state index contributed by atoms with van der Waals surface area (Å²) in [7, 11) is 0. The van der Waals surface area contributed by atoms with Gasteiger partial charge in [-0.1, -0.05) is 76.3 Å². The van der Waals surface area contributed by atoms with Gasteiger partial charge in [-0.15, -0.1) is 0 Å². The lowest BCUT2D eigenvalue weighted by Gasteiger charge is -2.26. The average molecular weight is 458 g/mol. The fourth-order valence-electron chi connectivity index (χ4n) is 5.70. The van der Waals surface area contributed by atoms with Crippen LogP contribution < -0.4 is 5.32 Å². The molecule has 2 heterocycles. The zero-order valence-corrected chi connectivity index (χ0v) is 20.5. The lowest BCUT2D eigenvalue weighted by molar-refractivity contribution is -0.135. The van der Waals surface area contributed by atoms with Crippen molar-refractivity contribution in [3.05, 3.63) is 35.9 Å². The number of nitrogens with zero attached hydrogens (tertiary/aromatic N) is 2. The molecule has 3 fully saturated rings. The van der Waals surface area contributed by atoms with Crippen molar-refractivity contribution in [1.82, 2.24) is 15.1 Å². The standard InChI is InChI=1S/C22H33N3O3.C5H10/c1-3-16(4-2)21(26)25-14-18-12-24(13-19(18)15-25)11-10-20(23-22(27)28)17-8-6-5-7-9-17;1-2-4-5-3-1/h5-9,16,18-20,23H,3-4,10-15H2,1-2H3,(H,27,28);1-5H2/t18-,19?,20?;/m0./s1. The molecule has 1 saturated carbocycles. The molecule has 4 rings (SSSR count). The number of likely N-dealkylation sites (tertiary alicyclic amines) is 2. The molecule has 6 heteroatoms. The molecule has 2 N–H and O–H groups in total. The summed E-state index contributed by atoms with van der Waals surface area (Å²) in [5.74, 6) is 1.62. The normalized spacial score (nSPS) is 23.2. The highest BCUT2D eigenvalue weighted by atomic mass is 16.4. The third-order valence-electron chi connectivity index (χ3n) is 7.69. The molecule has 2 unspecified atom stereocenters. The third kappa shape index (κ3) is 7.46. The van der Waals surface area contributed by atoms with E-state index >= 15 is 0 Å². The molecule has 33 heavy (non-hydrogen) atoms. The molecule has 2 saturated heterocycles. The van der Waals surface area contributed by atoms with Crippen molar-refractivity contribution in [3.63, 3.8) is 0 Å². The van der Waals surface area contributed by atoms with Crippen LogP contribution in [0.2, 0.25) is 0 Å². The molecular formula is C27H43N3O3. The Morgan fingerprint density at radius 1 is 0.939 bits per heavy atom. The Morgan fingerprint density at radius 3 is 1.97 bits per heavy atom. The predicted molar refractivity (Wildman–Crippen MR) is 132 cm³/mol. The van der Waals surface area contributed by atoms with Crippen LogP contribution in [0.25, 0.3) is 0 Å². The monoisotopic (exact) mass is 457 g/mol. The van der Waals surface area contributed by atoms with Gasteiger partial charge in [0.15, 0.2) is 0 Å². The van der Waals surface area contributed by atoms with Crippen molar-refractivity contribution in [2.75, 3.05) is 32.7 Å². The Hall–Kier alpha value is -2.08. The van der Waals surface area contributed by atoms with Crippen molar-refractivity contribution in [2.24, 2.45) is 17.8 Å². The molecule has 184 valence electrons. The molecular weight excluding hydrogens is 414 g/mol. The summed E-state index contributed by atoms with van der Waals surface area (Å²) in [6.45, 7) is 8.83. The minimum atomic E-state index is -0.984. The SMILES string of the molecule is C1CCCC1.CCC(CC)C(=O)N1CC2CN(CCC(NC(=O)O)c3ccccc3)C[C@H]2C1. The second kappa shape index (κ2) is 13.0. The van der Waals surface area contributed by atoms with Crippen LogP contribution in [0, 0.1) is 17.8 Å². The van der Waals surface area contributed by atoms with Gasteiger partial charge in [0.1, 0.15) is 0 Å². The Morgan fingerprint density at radius 2 is 1.48 bits per heavy atom. The fourth-order valence-corrected chi connectivity index (χ4v) is 5.70. The molecule has 0 bridgehead atoms. The maximum Gasteiger partial charge on any atom is 0.405 e. The molecule has 3 atom stereocenters. The van der Waals surface area contributed by atoms with E-state index in [1.54, 1.807) is 0 Å². The summed E-state index contributed by atoms with van der Waals surface area (Å²) in [6.07, 6.45) is 9.12. The van der Waals surface area contributed by atoms with Crippen LogP contribution in [0.1, 0.15) is 76.8 Å². The maximum atomic E-state index is 12.6. The first-order valence-corrected chi connectivity index (χ1v) is 13.1. The molecule has 6 nitrogen and oxygen atoms in total. The van der Waals surface area contributed by atoms with Crippen molar-refractivity contribution in [3.8, 4) is 0 Å². The molecule has 0 aromatic heterocycles. The predicted octanol–water partition coefficient (Wildman–Crippen LogP) is 5.16. The first-order valence-electron chi connectivity index (χ1n) is 13.1. The molecule has 2 aliphatic heterocycles. The van der Waals surface area contributed by atoms with Crippen LogP contribution in [-0.4, -0.2) is 59.6 Å². The smallest absolute Gasteiger partial charge is 0.405 e. The molecule has 0 radical (unpaired) electrons. The van der Waals surface area contributed by atoms with Crippen LogP contribution >= 0.6 is 0 Å². The first-order chi connectivity index (χ1) is 16.0. The highest BCUT2D eigenvalue weighted by Gasteiger charge is 2.42. The van der Waals surface area contributed by atoms with Crippen LogP contribution in [0.15, 0.2) is 30.3 Å². The number of benzene rings is 1. The quantitative estimate of drug-likeness (QED) is 0.565. The minimum Gasteiger partial charge on any atom is -0.465 e. The number of nitrogens with one attached hydrogen (secondary N) is 1. The van der Waals surface area contributed by atoms with Crippen LogP contribution in [-0.2, 0) is 4.79 Å². The molecule has 3 aliphatic rings. The van der Waals surface area contributed by atoms with Gasteiger partial charge in [0.2, 0.25) is 5.91 Å². The second-order valence-electron chi connectivity index (χ2n) is 10.0. The van der Waals surface area contributed by atoms with Gasteiger partial charge in [0.25, 0.3) is 0 Å². The number of carbonyl (C=O) groups excluding carboxylic acids is 1. The van der Waals surface area contributed by atoms with E-state index in [9.17, 15) is 14.7 Å².